The number of piperidine rings is 1. The van der Waals surface area contributed by atoms with Crippen LogP contribution in [0.3, 0.4) is 0 Å². The molecule has 19 heavy (non-hydrogen) atoms. The van der Waals surface area contributed by atoms with Gasteiger partial charge in [-0.05, 0) is 57.4 Å². The van der Waals surface area contributed by atoms with Crippen molar-refractivity contribution in [3.63, 3.8) is 0 Å². The lowest BCUT2D eigenvalue weighted by Crippen LogP contribution is -2.39. The standard InChI is InChI=1S/C15H30N2OS/c1-4-15(5-2,19-3)12-17-14(18)7-6-13-8-10-16-11-9-13/h13,16H,4-12H2,1-3H3,(H,17,18). The summed E-state index contributed by atoms with van der Waals surface area (Å²) in [5, 5.41) is 6.51. The molecule has 3 nitrogen and oxygen atoms in total. The number of hydrogen-bond donors (Lipinski definition) is 2. The van der Waals surface area contributed by atoms with E-state index in [-0.39, 0.29) is 10.7 Å². The first-order valence-electron chi connectivity index (χ1n) is 7.68. The molecule has 0 saturated carbocycles. The van der Waals surface area contributed by atoms with E-state index in [1.807, 2.05) is 11.8 Å². The molecule has 0 spiro atoms. The Kier molecular flexibility index (Phi) is 7.84. The van der Waals surface area contributed by atoms with E-state index in [0.717, 1.165) is 44.8 Å². The van der Waals surface area contributed by atoms with E-state index in [1.54, 1.807) is 0 Å². The summed E-state index contributed by atoms with van der Waals surface area (Å²) in [6.45, 7) is 7.47. The normalized spacial score (nSPS) is 17.4. The minimum atomic E-state index is 0.227. The van der Waals surface area contributed by atoms with Gasteiger partial charge >= 0.3 is 0 Å². The van der Waals surface area contributed by atoms with Crippen molar-refractivity contribution in [1.82, 2.24) is 10.6 Å². The topological polar surface area (TPSA) is 41.1 Å². The van der Waals surface area contributed by atoms with Crippen LogP contribution in [0, 0.1) is 5.92 Å². The molecule has 1 aliphatic heterocycles. The molecule has 0 radical (unpaired) electrons. The van der Waals surface area contributed by atoms with Crippen LogP contribution in [0.2, 0.25) is 0 Å². The largest absolute Gasteiger partial charge is 0.355 e. The highest BCUT2D eigenvalue weighted by Crippen LogP contribution is 2.29. The molecule has 1 rings (SSSR count). The summed E-state index contributed by atoms with van der Waals surface area (Å²) in [4.78, 5) is 11.9. The lowest BCUT2D eigenvalue weighted by molar-refractivity contribution is -0.121. The maximum absolute atomic E-state index is 11.9. The second-order valence-electron chi connectivity index (χ2n) is 5.60. The fraction of sp³-hybridized carbons (Fsp3) is 0.933. The van der Waals surface area contributed by atoms with Crippen LogP contribution < -0.4 is 10.6 Å². The summed E-state index contributed by atoms with van der Waals surface area (Å²) in [5.41, 5.74) is 0. The molecule has 0 bridgehead atoms. The molecule has 1 fully saturated rings. The van der Waals surface area contributed by atoms with Crippen molar-refractivity contribution in [2.45, 2.75) is 57.1 Å². The first-order chi connectivity index (χ1) is 9.15. The maximum Gasteiger partial charge on any atom is 0.220 e. The number of amides is 1. The highest BCUT2D eigenvalue weighted by Gasteiger charge is 2.25. The zero-order valence-electron chi connectivity index (χ0n) is 12.8. The molecule has 0 aromatic carbocycles. The van der Waals surface area contributed by atoms with E-state index < -0.39 is 0 Å². The zero-order valence-corrected chi connectivity index (χ0v) is 13.6. The molecule has 0 aromatic heterocycles. The Bertz CT molecular complexity index is 253. The van der Waals surface area contributed by atoms with Gasteiger partial charge in [-0.15, -0.1) is 0 Å². The summed E-state index contributed by atoms with van der Waals surface area (Å²) >= 11 is 1.88. The average Bonchev–Trinajstić information content (AvgIpc) is 2.48. The Morgan fingerprint density at radius 1 is 1.32 bits per heavy atom. The lowest BCUT2D eigenvalue weighted by atomic mass is 9.93. The van der Waals surface area contributed by atoms with Gasteiger partial charge in [-0.2, -0.15) is 11.8 Å². The van der Waals surface area contributed by atoms with Gasteiger partial charge in [-0.3, -0.25) is 4.79 Å². The predicted octanol–water partition coefficient (Wildman–Crippen LogP) is 2.80. The second-order valence-corrected chi connectivity index (χ2v) is 6.88. The summed E-state index contributed by atoms with van der Waals surface area (Å²) in [5.74, 6) is 0.980. The third-order valence-electron chi connectivity index (χ3n) is 4.57. The van der Waals surface area contributed by atoms with E-state index in [4.69, 9.17) is 0 Å². The fourth-order valence-corrected chi connectivity index (χ4v) is 3.51. The van der Waals surface area contributed by atoms with Gasteiger partial charge in [-0.25, -0.2) is 0 Å². The fourth-order valence-electron chi connectivity index (χ4n) is 2.71. The number of carbonyl (C=O) groups excluding carboxylic acids is 1. The summed E-state index contributed by atoms with van der Waals surface area (Å²) in [7, 11) is 0. The van der Waals surface area contributed by atoms with Crippen LogP contribution in [0.1, 0.15) is 52.4 Å². The Morgan fingerprint density at radius 2 is 1.95 bits per heavy atom. The highest BCUT2D eigenvalue weighted by atomic mass is 32.2. The smallest absolute Gasteiger partial charge is 0.220 e. The molecule has 1 heterocycles. The molecule has 0 unspecified atom stereocenters. The van der Waals surface area contributed by atoms with Crippen molar-refractivity contribution in [3.05, 3.63) is 0 Å². The van der Waals surface area contributed by atoms with Crippen LogP contribution >= 0.6 is 11.8 Å². The van der Waals surface area contributed by atoms with Crippen LogP contribution in [0.5, 0.6) is 0 Å². The maximum atomic E-state index is 11.9. The quantitative estimate of drug-likeness (QED) is 0.721. The van der Waals surface area contributed by atoms with E-state index in [1.165, 1.54) is 12.8 Å². The number of thioether (sulfide) groups is 1. The van der Waals surface area contributed by atoms with Gasteiger partial charge in [0.15, 0.2) is 0 Å². The van der Waals surface area contributed by atoms with Crippen molar-refractivity contribution in [3.8, 4) is 0 Å². The average molecular weight is 286 g/mol. The third-order valence-corrected chi connectivity index (χ3v) is 6.16. The Hall–Kier alpha value is -0.220. The number of hydrogen-bond acceptors (Lipinski definition) is 3. The van der Waals surface area contributed by atoms with Crippen molar-refractivity contribution in [1.29, 1.82) is 0 Å². The third kappa shape index (κ3) is 5.74. The first kappa shape index (κ1) is 16.8. The van der Waals surface area contributed by atoms with Crippen molar-refractivity contribution in [2.24, 2.45) is 5.92 Å². The van der Waals surface area contributed by atoms with Crippen molar-refractivity contribution in [2.75, 3.05) is 25.9 Å². The van der Waals surface area contributed by atoms with E-state index in [9.17, 15) is 4.79 Å². The predicted molar refractivity (Wildman–Crippen MR) is 84.7 cm³/mol. The first-order valence-corrected chi connectivity index (χ1v) is 8.91. The summed E-state index contributed by atoms with van der Waals surface area (Å²) in [6, 6.07) is 0. The van der Waals surface area contributed by atoms with E-state index in [0.29, 0.717) is 6.42 Å². The Labute approximate surface area is 122 Å². The van der Waals surface area contributed by atoms with Crippen molar-refractivity contribution >= 4 is 17.7 Å². The van der Waals surface area contributed by atoms with E-state index >= 15 is 0 Å². The highest BCUT2D eigenvalue weighted by molar-refractivity contribution is 8.00. The minimum Gasteiger partial charge on any atom is -0.355 e. The molecule has 1 saturated heterocycles. The van der Waals surface area contributed by atoms with Gasteiger partial charge in [0.1, 0.15) is 0 Å². The van der Waals surface area contributed by atoms with Gasteiger partial charge in [0.25, 0.3) is 0 Å². The summed E-state index contributed by atoms with van der Waals surface area (Å²) < 4.78 is 0.227. The molecular weight excluding hydrogens is 256 g/mol. The van der Waals surface area contributed by atoms with Crippen LogP contribution in [-0.4, -0.2) is 36.5 Å². The van der Waals surface area contributed by atoms with Crippen LogP contribution in [-0.2, 0) is 4.79 Å². The lowest BCUT2D eigenvalue weighted by Gasteiger charge is -2.30. The number of rotatable bonds is 8. The molecule has 0 aliphatic carbocycles. The molecule has 2 N–H and O–H groups in total. The molecular formula is C15H30N2OS. The monoisotopic (exact) mass is 286 g/mol. The van der Waals surface area contributed by atoms with Gasteiger partial charge < -0.3 is 10.6 Å². The SMILES string of the molecule is CCC(CC)(CNC(=O)CCC1CCNCC1)SC. The molecule has 0 atom stereocenters. The van der Waals surface area contributed by atoms with Gasteiger partial charge in [0.05, 0.1) is 0 Å². The molecule has 1 amide bonds. The van der Waals surface area contributed by atoms with Gasteiger partial charge in [0, 0.05) is 17.7 Å². The Morgan fingerprint density at radius 3 is 2.47 bits per heavy atom. The van der Waals surface area contributed by atoms with Crippen molar-refractivity contribution < 1.29 is 4.79 Å². The second kappa shape index (κ2) is 8.85. The summed E-state index contributed by atoms with van der Waals surface area (Å²) in [6.07, 6.45) is 8.57. The Balaban J connectivity index is 2.23. The molecule has 112 valence electrons. The number of nitrogens with one attached hydrogen (secondary N) is 2. The van der Waals surface area contributed by atoms with Crippen LogP contribution in [0.25, 0.3) is 0 Å². The van der Waals surface area contributed by atoms with Gasteiger partial charge in [0.2, 0.25) is 5.91 Å². The number of carbonyl (C=O) groups is 1. The van der Waals surface area contributed by atoms with Gasteiger partial charge in [-0.1, -0.05) is 13.8 Å². The molecule has 0 aromatic rings. The molecule has 1 aliphatic rings. The van der Waals surface area contributed by atoms with Crippen LogP contribution in [0.15, 0.2) is 0 Å². The molecule has 4 heteroatoms. The zero-order chi connectivity index (χ0) is 14.1. The van der Waals surface area contributed by atoms with E-state index in [2.05, 4.69) is 30.7 Å². The van der Waals surface area contributed by atoms with Crippen LogP contribution in [0.4, 0.5) is 0 Å². The minimum absolute atomic E-state index is 0.227.